The molecule has 4 rings (SSSR count). The number of aliphatic hydroxyl groups excluding tert-OH is 1. The Kier molecular flexibility index (Phi) is 6.11. The van der Waals surface area contributed by atoms with Crippen LogP contribution in [0.5, 0.6) is 0 Å². The monoisotopic (exact) mass is 418 g/mol. The first-order chi connectivity index (χ1) is 14.3. The van der Waals surface area contributed by atoms with Crippen LogP contribution in [0.4, 0.5) is 0 Å². The Balaban J connectivity index is 1.53. The van der Waals surface area contributed by atoms with Gasteiger partial charge < -0.3 is 14.6 Å². The lowest BCUT2D eigenvalue weighted by atomic mass is 9.43. The van der Waals surface area contributed by atoms with Gasteiger partial charge in [0, 0.05) is 12.3 Å². The van der Waals surface area contributed by atoms with Crippen LogP contribution in [0, 0.1) is 52.3 Å². The number of hydrogen-bond acceptors (Lipinski definition) is 4. The van der Waals surface area contributed by atoms with E-state index in [1.807, 2.05) is 0 Å². The summed E-state index contributed by atoms with van der Waals surface area (Å²) < 4.78 is 4.85. The molecule has 4 aliphatic carbocycles. The first-order valence-electron chi connectivity index (χ1n) is 12.5. The van der Waals surface area contributed by atoms with Crippen molar-refractivity contribution < 1.29 is 19.4 Å². The van der Waals surface area contributed by atoms with Crippen LogP contribution < -0.4 is 0 Å². The van der Waals surface area contributed by atoms with Gasteiger partial charge in [0.05, 0.1) is 13.2 Å². The van der Waals surface area contributed by atoms with E-state index in [1.54, 1.807) is 0 Å². The number of carbonyl (C=O) groups excluding carboxylic acids is 2. The van der Waals surface area contributed by atoms with Crippen molar-refractivity contribution >= 4 is 12.3 Å². The zero-order valence-corrected chi connectivity index (χ0v) is 19.4. The Labute approximate surface area is 182 Å². The fraction of sp³-hybridized carbons (Fsp3) is 0.923. The molecule has 4 aliphatic rings. The summed E-state index contributed by atoms with van der Waals surface area (Å²) in [5, 5.41) is 11.6. The highest BCUT2D eigenvalue weighted by Crippen LogP contribution is 2.68. The molecule has 30 heavy (non-hydrogen) atoms. The second-order valence-corrected chi connectivity index (χ2v) is 11.7. The lowest BCUT2D eigenvalue weighted by Gasteiger charge is -2.62. The zero-order chi connectivity index (χ0) is 21.7. The Hall–Kier alpha value is -0.900. The highest BCUT2D eigenvalue weighted by Gasteiger charge is 2.63. The third-order valence-electron chi connectivity index (χ3n) is 10.8. The lowest BCUT2D eigenvalue weighted by Crippen LogP contribution is -2.58. The molecule has 0 saturated heterocycles. The molecule has 0 amide bonds. The van der Waals surface area contributed by atoms with Gasteiger partial charge in [0.15, 0.2) is 0 Å². The lowest BCUT2D eigenvalue weighted by molar-refractivity contribution is -0.171. The molecule has 4 heteroatoms. The fourth-order valence-corrected chi connectivity index (χ4v) is 8.99. The van der Waals surface area contributed by atoms with E-state index >= 15 is 0 Å². The summed E-state index contributed by atoms with van der Waals surface area (Å²) in [6.45, 7) is 7.12. The second kappa shape index (κ2) is 8.22. The molecule has 0 aliphatic heterocycles. The Morgan fingerprint density at radius 3 is 2.60 bits per heavy atom. The Morgan fingerprint density at radius 1 is 1.13 bits per heavy atom. The van der Waals surface area contributed by atoms with Crippen LogP contribution in [-0.2, 0) is 14.3 Å². The molecule has 0 aromatic carbocycles. The van der Waals surface area contributed by atoms with Crippen molar-refractivity contribution in [3.63, 3.8) is 0 Å². The quantitative estimate of drug-likeness (QED) is 0.503. The molecule has 0 aromatic rings. The number of hydrogen-bond donors (Lipinski definition) is 1. The van der Waals surface area contributed by atoms with Crippen LogP contribution in [0.2, 0.25) is 0 Å². The maximum absolute atomic E-state index is 11.7. The molecule has 0 radical (unpaired) electrons. The standard InChI is InChI=1S/C26H42O4/c1-16(5-10-24(29)30-4)20-8-9-21-19-7-6-18-13-17(15-27)11-12-25(18,2)22(19)14-23(28)26(20,21)3/h15-23,28H,5-14H2,1-4H3/t16-,17-,18-,19+,20-,21+,22+,23-,25+,26-/m1/s1. The van der Waals surface area contributed by atoms with Crippen molar-refractivity contribution in [1.82, 2.24) is 0 Å². The summed E-state index contributed by atoms with van der Waals surface area (Å²) in [6.07, 6.45) is 11.4. The van der Waals surface area contributed by atoms with Gasteiger partial charge in [-0.3, -0.25) is 4.79 Å². The summed E-state index contributed by atoms with van der Waals surface area (Å²) in [6, 6.07) is 0. The van der Waals surface area contributed by atoms with Crippen LogP contribution >= 0.6 is 0 Å². The van der Waals surface area contributed by atoms with E-state index in [1.165, 1.54) is 39.1 Å². The molecule has 0 spiro atoms. The van der Waals surface area contributed by atoms with Gasteiger partial charge in [-0.25, -0.2) is 0 Å². The normalized spacial score (nSPS) is 48.8. The van der Waals surface area contributed by atoms with E-state index < -0.39 is 0 Å². The predicted octanol–water partition coefficient (Wildman–Crippen LogP) is 5.02. The summed E-state index contributed by atoms with van der Waals surface area (Å²) in [5.41, 5.74) is 0.263. The topological polar surface area (TPSA) is 63.6 Å². The number of ether oxygens (including phenoxy) is 1. The van der Waals surface area contributed by atoms with Crippen LogP contribution in [0.3, 0.4) is 0 Å². The van der Waals surface area contributed by atoms with Crippen molar-refractivity contribution in [2.45, 2.75) is 91.1 Å². The highest BCUT2D eigenvalue weighted by molar-refractivity contribution is 5.69. The minimum Gasteiger partial charge on any atom is -0.469 e. The molecule has 0 aromatic heterocycles. The summed E-state index contributed by atoms with van der Waals surface area (Å²) in [4.78, 5) is 23.1. The molecule has 0 heterocycles. The Bertz CT molecular complexity index is 661. The van der Waals surface area contributed by atoms with Crippen molar-refractivity contribution in [1.29, 1.82) is 0 Å². The van der Waals surface area contributed by atoms with Gasteiger partial charge in [0.2, 0.25) is 0 Å². The summed E-state index contributed by atoms with van der Waals surface area (Å²) in [7, 11) is 1.46. The van der Waals surface area contributed by atoms with E-state index in [0.29, 0.717) is 47.3 Å². The number of esters is 1. The molecule has 4 saturated carbocycles. The molecule has 170 valence electrons. The predicted molar refractivity (Wildman–Crippen MR) is 117 cm³/mol. The Morgan fingerprint density at radius 2 is 1.90 bits per heavy atom. The van der Waals surface area contributed by atoms with Crippen LogP contribution in [0.15, 0.2) is 0 Å². The summed E-state index contributed by atoms with van der Waals surface area (Å²) in [5.74, 6) is 3.60. The molecule has 10 atom stereocenters. The SMILES string of the molecule is COC(=O)CC[C@@H](C)[C@H]1CC[C@H]2[C@@H]3CC[C@@H]4C[C@H](C=O)CC[C@]4(C)[C@H]3C[C@@H](O)[C@]12C. The number of fused-ring (bicyclic) bond motifs is 5. The zero-order valence-electron chi connectivity index (χ0n) is 19.4. The third-order valence-corrected chi connectivity index (χ3v) is 10.8. The first kappa shape index (κ1) is 22.3. The first-order valence-corrected chi connectivity index (χ1v) is 12.5. The van der Waals surface area contributed by atoms with Crippen LogP contribution in [-0.4, -0.2) is 30.6 Å². The van der Waals surface area contributed by atoms with Gasteiger partial charge >= 0.3 is 5.97 Å². The van der Waals surface area contributed by atoms with Gasteiger partial charge in [-0.15, -0.1) is 0 Å². The van der Waals surface area contributed by atoms with E-state index in [0.717, 1.165) is 32.1 Å². The maximum atomic E-state index is 11.7. The van der Waals surface area contributed by atoms with Gasteiger partial charge in [-0.2, -0.15) is 0 Å². The minimum absolute atomic E-state index is 0.0279. The number of aldehydes is 1. The molecule has 0 bridgehead atoms. The van der Waals surface area contributed by atoms with E-state index in [9.17, 15) is 14.7 Å². The number of aliphatic hydroxyl groups is 1. The van der Waals surface area contributed by atoms with Crippen LogP contribution in [0.1, 0.15) is 85.0 Å². The smallest absolute Gasteiger partial charge is 0.305 e. The fourth-order valence-electron chi connectivity index (χ4n) is 8.99. The van der Waals surface area contributed by atoms with Gasteiger partial charge in [-0.1, -0.05) is 20.8 Å². The minimum atomic E-state index is -0.254. The van der Waals surface area contributed by atoms with Crippen molar-refractivity contribution in [3.05, 3.63) is 0 Å². The molecule has 1 N–H and O–H groups in total. The van der Waals surface area contributed by atoms with Gasteiger partial charge in [0.1, 0.15) is 6.29 Å². The molecular weight excluding hydrogens is 376 g/mol. The average Bonchev–Trinajstić information content (AvgIpc) is 3.10. The van der Waals surface area contributed by atoms with E-state index in [4.69, 9.17) is 4.74 Å². The van der Waals surface area contributed by atoms with Crippen molar-refractivity contribution in [2.24, 2.45) is 52.3 Å². The maximum Gasteiger partial charge on any atom is 0.305 e. The molecule has 4 nitrogen and oxygen atoms in total. The largest absolute Gasteiger partial charge is 0.469 e. The van der Waals surface area contributed by atoms with Gasteiger partial charge in [0.25, 0.3) is 0 Å². The van der Waals surface area contributed by atoms with E-state index in [2.05, 4.69) is 20.8 Å². The van der Waals surface area contributed by atoms with Gasteiger partial charge in [-0.05, 0) is 104 Å². The highest BCUT2D eigenvalue weighted by atomic mass is 16.5. The van der Waals surface area contributed by atoms with Crippen LogP contribution in [0.25, 0.3) is 0 Å². The van der Waals surface area contributed by atoms with E-state index in [-0.39, 0.29) is 23.4 Å². The molecular formula is C26H42O4. The van der Waals surface area contributed by atoms with Crippen molar-refractivity contribution in [3.8, 4) is 0 Å². The third kappa shape index (κ3) is 3.36. The number of rotatable bonds is 5. The number of carbonyl (C=O) groups is 2. The second-order valence-electron chi connectivity index (χ2n) is 11.7. The average molecular weight is 419 g/mol. The molecule has 4 fully saturated rings. The summed E-state index contributed by atoms with van der Waals surface area (Å²) >= 11 is 0. The molecule has 0 unspecified atom stereocenters. The van der Waals surface area contributed by atoms with Crippen molar-refractivity contribution in [2.75, 3.05) is 7.11 Å². The number of methoxy groups -OCH3 is 1.